The lowest BCUT2D eigenvalue weighted by Gasteiger charge is -2.23. The number of H-pyrrole nitrogens is 1. The van der Waals surface area contributed by atoms with E-state index in [1.54, 1.807) is 24.3 Å². The van der Waals surface area contributed by atoms with E-state index in [0.717, 1.165) is 21.5 Å². The molecule has 2 atom stereocenters. The highest BCUT2D eigenvalue weighted by Crippen LogP contribution is 2.22. The second kappa shape index (κ2) is 9.57. The number of aromatic amines is 1. The second-order valence-electron chi connectivity index (χ2n) is 7.75. The number of quaternary nitrogens is 1. The molecule has 0 saturated carbocycles. The van der Waals surface area contributed by atoms with Crippen LogP contribution in [0.5, 0.6) is 0 Å². The maximum atomic E-state index is 13.3. The van der Waals surface area contributed by atoms with Crippen molar-refractivity contribution in [2.45, 2.75) is 33.7 Å². The van der Waals surface area contributed by atoms with Gasteiger partial charge in [-0.1, -0.05) is 18.2 Å². The van der Waals surface area contributed by atoms with Crippen LogP contribution in [0.2, 0.25) is 0 Å². The lowest BCUT2D eigenvalue weighted by Crippen LogP contribution is -3.17. The van der Waals surface area contributed by atoms with E-state index in [4.69, 9.17) is 0 Å². The fraction of sp³-hybridized carbons (Fsp3) is 0.292. The first-order chi connectivity index (χ1) is 14.8. The molecule has 0 saturated heterocycles. The van der Waals surface area contributed by atoms with E-state index in [-0.39, 0.29) is 30.2 Å². The van der Waals surface area contributed by atoms with Gasteiger partial charge in [0.15, 0.2) is 6.54 Å². The topological polar surface area (TPSA) is 95.5 Å². The summed E-state index contributed by atoms with van der Waals surface area (Å²) in [4.78, 5) is 41.2. The van der Waals surface area contributed by atoms with Gasteiger partial charge in [-0.3, -0.25) is 14.4 Å². The van der Waals surface area contributed by atoms with Crippen LogP contribution in [0, 0.1) is 6.92 Å². The number of likely N-dealkylation sites (N-methyl/N-ethyl adjacent to an activating group) is 1. The van der Waals surface area contributed by atoms with Gasteiger partial charge in [0.2, 0.25) is 11.7 Å². The number of benzene rings is 2. The zero-order chi connectivity index (χ0) is 22.5. The Morgan fingerprint density at radius 2 is 1.61 bits per heavy atom. The van der Waals surface area contributed by atoms with E-state index in [0.29, 0.717) is 23.5 Å². The predicted molar refractivity (Wildman–Crippen MR) is 123 cm³/mol. The van der Waals surface area contributed by atoms with Gasteiger partial charge in [0.05, 0.1) is 12.1 Å². The van der Waals surface area contributed by atoms with Crippen LogP contribution in [0.1, 0.15) is 36.8 Å². The summed E-state index contributed by atoms with van der Waals surface area (Å²) in [5, 5.41) is 6.47. The van der Waals surface area contributed by atoms with Crippen molar-refractivity contribution in [1.29, 1.82) is 0 Å². The third kappa shape index (κ3) is 5.19. The van der Waals surface area contributed by atoms with Gasteiger partial charge < -0.3 is 20.5 Å². The molecule has 4 N–H and O–H groups in total. The lowest BCUT2D eigenvalue weighted by molar-refractivity contribution is -0.903. The molecule has 2 amide bonds. The second-order valence-corrected chi connectivity index (χ2v) is 7.75. The molecular formula is C24H29N4O3+. The number of aromatic nitrogens is 1. The van der Waals surface area contributed by atoms with Crippen LogP contribution in [0.3, 0.4) is 0 Å². The molecule has 162 valence electrons. The number of hydrogen-bond acceptors (Lipinski definition) is 3. The zero-order valence-electron chi connectivity index (χ0n) is 18.3. The van der Waals surface area contributed by atoms with Crippen molar-refractivity contribution < 1.29 is 19.3 Å². The Labute approximate surface area is 181 Å². The summed E-state index contributed by atoms with van der Waals surface area (Å²) < 4.78 is 0. The van der Waals surface area contributed by atoms with Gasteiger partial charge in [0.25, 0.3) is 5.91 Å². The standard InChI is InChI=1S/C24H28N4O3/c1-5-28(14-22(30)27-19-12-10-18(11-13-19)26-17(4)29)16(3)24(31)23-15(2)25-21-9-7-6-8-20(21)23/h6-13,16,25H,5,14H2,1-4H3,(H,26,29)(H,27,30)/p+1/t16-/m0/s1. The number of rotatable bonds is 8. The third-order valence-electron chi connectivity index (χ3n) is 5.48. The largest absolute Gasteiger partial charge is 0.358 e. The molecule has 0 aliphatic carbocycles. The van der Waals surface area contributed by atoms with Crippen molar-refractivity contribution in [3.8, 4) is 0 Å². The fourth-order valence-electron chi connectivity index (χ4n) is 3.83. The Morgan fingerprint density at radius 3 is 2.23 bits per heavy atom. The SMILES string of the molecule is CC[NH+](CC(=O)Nc1ccc(NC(C)=O)cc1)[C@@H](C)C(=O)c1c(C)[nH]c2ccccc12. The number of amides is 2. The minimum Gasteiger partial charge on any atom is -0.358 e. The van der Waals surface area contributed by atoms with Gasteiger partial charge in [-0.15, -0.1) is 0 Å². The first-order valence-electron chi connectivity index (χ1n) is 10.4. The maximum Gasteiger partial charge on any atom is 0.279 e. The summed E-state index contributed by atoms with van der Waals surface area (Å²) in [5.41, 5.74) is 3.79. The smallest absolute Gasteiger partial charge is 0.279 e. The number of carbonyl (C=O) groups is 3. The molecule has 7 nitrogen and oxygen atoms in total. The van der Waals surface area contributed by atoms with Crippen molar-refractivity contribution >= 4 is 39.9 Å². The number of Topliss-reactive ketones (excluding diaryl/α,β-unsaturated/α-hetero) is 1. The highest BCUT2D eigenvalue weighted by atomic mass is 16.2. The van der Waals surface area contributed by atoms with E-state index < -0.39 is 0 Å². The van der Waals surface area contributed by atoms with Crippen LogP contribution in [-0.4, -0.2) is 41.7 Å². The van der Waals surface area contributed by atoms with Crippen molar-refractivity contribution in [2.24, 2.45) is 0 Å². The minimum absolute atomic E-state index is 0.0271. The Bertz CT molecular complexity index is 1100. The molecule has 0 spiro atoms. The molecular weight excluding hydrogens is 392 g/mol. The van der Waals surface area contributed by atoms with Gasteiger partial charge in [-0.25, -0.2) is 0 Å². The summed E-state index contributed by atoms with van der Waals surface area (Å²) in [7, 11) is 0. The number of hydrogen-bond donors (Lipinski definition) is 4. The maximum absolute atomic E-state index is 13.3. The number of carbonyl (C=O) groups excluding carboxylic acids is 3. The number of fused-ring (bicyclic) bond motifs is 1. The monoisotopic (exact) mass is 421 g/mol. The highest BCUT2D eigenvalue weighted by molar-refractivity contribution is 6.11. The first kappa shape index (κ1) is 22.2. The van der Waals surface area contributed by atoms with Crippen LogP contribution in [0.4, 0.5) is 11.4 Å². The molecule has 1 unspecified atom stereocenters. The molecule has 1 heterocycles. The molecule has 2 aromatic carbocycles. The Kier molecular flexibility index (Phi) is 6.87. The molecule has 0 aliphatic heterocycles. The van der Waals surface area contributed by atoms with Gasteiger partial charge in [0.1, 0.15) is 6.04 Å². The molecule has 1 aromatic heterocycles. The molecule has 0 radical (unpaired) electrons. The number of anilines is 2. The summed E-state index contributed by atoms with van der Waals surface area (Å²) in [6, 6.07) is 14.3. The van der Waals surface area contributed by atoms with Gasteiger partial charge in [-0.2, -0.15) is 0 Å². The van der Waals surface area contributed by atoms with Gasteiger partial charge >= 0.3 is 0 Å². The molecule has 3 rings (SSSR count). The van der Waals surface area contributed by atoms with E-state index in [9.17, 15) is 14.4 Å². The fourth-order valence-corrected chi connectivity index (χ4v) is 3.83. The first-order valence-corrected chi connectivity index (χ1v) is 10.4. The van der Waals surface area contributed by atoms with E-state index in [1.165, 1.54) is 6.92 Å². The quantitative estimate of drug-likeness (QED) is 0.421. The predicted octanol–water partition coefficient (Wildman–Crippen LogP) is 2.55. The van der Waals surface area contributed by atoms with E-state index >= 15 is 0 Å². The number of para-hydroxylation sites is 1. The molecule has 7 heteroatoms. The van der Waals surface area contributed by atoms with Crippen LogP contribution in [-0.2, 0) is 9.59 Å². The minimum atomic E-state index is -0.365. The lowest BCUT2D eigenvalue weighted by atomic mass is 10.0. The Hall–Kier alpha value is -3.45. The van der Waals surface area contributed by atoms with Crippen molar-refractivity contribution in [2.75, 3.05) is 23.7 Å². The summed E-state index contributed by atoms with van der Waals surface area (Å²) in [6.07, 6.45) is 0. The van der Waals surface area contributed by atoms with Crippen molar-refractivity contribution in [3.63, 3.8) is 0 Å². The Balaban J connectivity index is 1.68. The molecule has 0 fully saturated rings. The van der Waals surface area contributed by atoms with Gasteiger partial charge in [0, 0.05) is 34.9 Å². The van der Waals surface area contributed by atoms with Crippen LogP contribution >= 0.6 is 0 Å². The summed E-state index contributed by atoms with van der Waals surface area (Å²) in [6.45, 7) is 8.01. The van der Waals surface area contributed by atoms with Crippen molar-refractivity contribution in [1.82, 2.24) is 4.98 Å². The van der Waals surface area contributed by atoms with E-state index in [1.807, 2.05) is 45.0 Å². The van der Waals surface area contributed by atoms with Crippen LogP contribution < -0.4 is 15.5 Å². The summed E-state index contributed by atoms with van der Waals surface area (Å²) in [5.74, 6) is -0.290. The average Bonchev–Trinajstić information content (AvgIpc) is 3.07. The molecule has 3 aromatic rings. The number of nitrogens with one attached hydrogen (secondary N) is 4. The molecule has 0 bridgehead atoms. The summed E-state index contributed by atoms with van der Waals surface area (Å²) >= 11 is 0. The normalized spacial score (nSPS) is 12.9. The zero-order valence-corrected chi connectivity index (χ0v) is 18.3. The highest BCUT2D eigenvalue weighted by Gasteiger charge is 2.29. The van der Waals surface area contributed by atoms with Crippen LogP contribution in [0.25, 0.3) is 10.9 Å². The van der Waals surface area contributed by atoms with Crippen molar-refractivity contribution in [3.05, 3.63) is 59.8 Å². The number of aryl methyl sites for hydroxylation is 1. The average molecular weight is 422 g/mol. The number of ketones is 1. The van der Waals surface area contributed by atoms with Gasteiger partial charge in [-0.05, 0) is 51.1 Å². The third-order valence-corrected chi connectivity index (χ3v) is 5.48. The molecule has 31 heavy (non-hydrogen) atoms. The Morgan fingerprint density at radius 1 is 1.00 bits per heavy atom. The van der Waals surface area contributed by atoms with Crippen LogP contribution in [0.15, 0.2) is 48.5 Å². The van der Waals surface area contributed by atoms with E-state index in [2.05, 4.69) is 15.6 Å². The molecule has 0 aliphatic rings.